The van der Waals surface area contributed by atoms with Gasteiger partial charge in [0.25, 0.3) is 5.56 Å². The molecule has 0 aliphatic carbocycles. The third kappa shape index (κ3) is 2.27. The van der Waals surface area contributed by atoms with E-state index in [1.165, 1.54) is 11.1 Å². The van der Waals surface area contributed by atoms with Crippen LogP contribution in [0.2, 0.25) is 0 Å². The van der Waals surface area contributed by atoms with Crippen molar-refractivity contribution in [3.8, 4) is 5.69 Å². The predicted molar refractivity (Wildman–Crippen MR) is 80.3 cm³/mol. The fraction of sp³-hybridized carbons (Fsp3) is 0.333. The Labute approximate surface area is 117 Å². The second-order valence-electron chi connectivity index (χ2n) is 5.04. The maximum Gasteiger partial charge on any atom is 0.296 e. The van der Waals surface area contributed by atoms with E-state index in [9.17, 15) is 4.79 Å². The third-order valence-corrected chi connectivity index (χ3v) is 3.69. The van der Waals surface area contributed by atoms with Crippen LogP contribution in [0.3, 0.4) is 0 Å². The SMILES string of the molecule is Nc1c(N2CCCCC2)cnn(-c2ccccc2)c1=O. The van der Waals surface area contributed by atoms with Crippen molar-refractivity contribution in [1.29, 1.82) is 0 Å². The maximum atomic E-state index is 12.4. The molecule has 0 radical (unpaired) electrons. The van der Waals surface area contributed by atoms with Gasteiger partial charge >= 0.3 is 0 Å². The van der Waals surface area contributed by atoms with Crippen LogP contribution < -0.4 is 16.2 Å². The first-order chi connectivity index (χ1) is 9.77. The standard InChI is InChI=1S/C15H18N4O/c16-14-13(18-9-5-2-6-10-18)11-17-19(15(14)20)12-7-3-1-4-8-12/h1,3-4,7-8,11H,2,5-6,9-10,16H2. The van der Waals surface area contributed by atoms with E-state index in [0.29, 0.717) is 0 Å². The number of piperidine rings is 1. The summed E-state index contributed by atoms with van der Waals surface area (Å²) in [5, 5.41) is 4.27. The maximum absolute atomic E-state index is 12.4. The van der Waals surface area contributed by atoms with E-state index in [1.807, 2.05) is 30.3 Å². The molecular formula is C15H18N4O. The number of hydrogen-bond donors (Lipinski definition) is 1. The Morgan fingerprint density at radius 2 is 1.75 bits per heavy atom. The van der Waals surface area contributed by atoms with Crippen molar-refractivity contribution in [3.63, 3.8) is 0 Å². The zero-order valence-electron chi connectivity index (χ0n) is 11.3. The minimum atomic E-state index is -0.251. The number of rotatable bonds is 2. The van der Waals surface area contributed by atoms with E-state index in [0.717, 1.165) is 37.3 Å². The fourth-order valence-corrected chi connectivity index (χ4v) is 2.60. The summed E-state index contributed by atoms with van der Waals surface area (Å²) in [6.07, 6.45) is 5.22. The van der Waals surface area contributed by atoms with Crippen LogP contribution in [0.15, 0.2) is 41.3 Å². The highest BCUT2D eigenvalue weighted by Gasteiger charge is 2.17. The molecule has 20 heavy (non-hydrogen) atoms. The summed E-state index contributed by atoms with van der Waals surface area (Å²) in [6, 6.07) is 9.33. The summed E-state index contributed by atoms with van der Waals surface area (Å²) in [5.41, 5.74) is 7.57. The second-order valence-corrected chi connectivity index (χ2v) is 5.04. The molecule has 2 aromatic rings. The Morgan fingerprint density at radius 3 is 2.45 bits per heavy atom. The van der Waals surface area contributed by atoms with Gasteiger partial charge in [-0.05, 0) is 31.4 Å². The number of para-hydroxylation sites is 1. The first-order valence-electron chi connectivity index (χ1n) is 6.95. The van der Waals surface area contributed by atoms with Gasteiger partial charge in [-0.2, -0.15) is 9.78 Å². The highest BCUT2D eigenvalue weighted by molar-refractivity contribution is 5.65. The zero-order chi connectivity index (χ0) is 13.9. The quantitative estimate of drug-likeness (QED) is 0.904. The smallest absolute Gasteiger partial charge is 0.296 e. The number of nitrogens with two attached hydrogens (primary N) is 1. The van der Waals surface area contributed by atoms with Gasteiger partial charge in [-0.25, -0.2) is 0 Å². The zero-order valence-corrected chi connectivity index (χ0v) is 11.3. The summed E-state index contributed by atoms with van der Waals surface area (Å²) in [4.78, 5) is 14.5. The molecule has 1 saturated heterocycles. The minimum absolute atomic E-state index is 0.251. The number of hydrogen-bond acceptors (Lipinski definition) is 4. The lowest BCUT2D eigenvalue weighted by molar-refractivity contribution is 0.576. The number of nitrogens with zero attached hydrogens (tertiary/aromatic N) is 3. The number of anilines is 2. The first-order valence-corrected chi connectivity index (χ1v) is 6.95. The average Bonchev–Trinajstić information content (AvgIpc) is 2.52. The van der Waals surface area contributed by atoms with Gasteiger partial charge < -0.3 is 10.6 Å². The van der Waals surface area contributed by atoms with Gasteiger partial charge in [0.15, 0.2) is 0 Å². The highest BCUT2D eigenvalue weighted by Crippen LogP contribution is 2.22. The summed E-state index contributed by atoms with van der Waals surface area (Å²) >= 11 is 0. The Kier molecular flexibility index (Phi) is 3.41. The summed E-state index contributed by atoms with van der Waals surface area (Å²) in [7, 11) is 0. The largest absolute Gasteiger partial charge is 0.392 e. The molecule has 0 spiro atoms. The van der Waals surface area contributed by atoms with Crippen molar-refractivity contribution in [2.24, 2.45) is 0 Å². The first kappa shape index (κ1) is 12.7. The van der Waals surface area contributed by atoms with Gasteiger partial charge in [-0.1, -0.05) is 18.2 Å². The molecule has 1 aromatic heterocycles. The second kappa shape index (κ2) is 5.36. The fourth-order valence-electron chi connectivity index (χ4n) is 2.60. The highest BCUT2D eigenvalue weighted by atomic mass is 16.1. The normalized spacial score (nSPS) is 15.3. The van der Waals surface area contributed by atoms with Gasteiger partial charge in [0.2, 0.25) is 0 Å². The summed E-state index contributed by atoms with van der Waals surface area (Å²) in [6.45, 7) is 1.89. The molecule has 0 saturated carbocycles. The topological polar surface area (TPSA) is 64.2 Å². The molecule has 5 heteroatoms. The van der Waals surface area contributed by atoms with E-state index >= 15 is 0 Å². The average molecular weight is 270 g/mol. The molecule has 0 bridgehead atoms. The van der Waals surface area contributed by atoms with Crippen LogP contribution in [0.5, 0.6) is 0 Å². The molecule has 104 valence electrons. The van der Waals surface area contributed by atoms with Crippen molar-refractivity contribution in [3.05, 3.63) is 46.9 Å². The van der Waals surface area contributed by atoms with E-state index in [1.54, 1.807) is 6.20 Å². The molecule has 0 atom stereocenters. The van der Waals surface area contributed by atoms with Gasteiger partial charge in [-0.15, -0.1) is 0 Å². The number of nitrogen functional groups attached to an aromatic ring is 1. The lowest BCUT2D eigenvalue weighted by Gasteiger charge is -2.29. The molecule has 2 heterocycles. The van der Waals surface area contributed by atoms with E-state index in [-0.39, 0.29) is 11.2 Å². The Morgan fingerprint density at radius 1 is 1.05 bits per heavy atom. The molecule has 2 N–H and O–H groups in total. The van der Waals surface area contributed by atoms with Crippen LogP contribution in [0.1, 0.15) is 19.3 Å². The van der Waals surface area contributed by atoms with Gasteiger partial charge in [0.1, 0.15) is 5.69 Å². The molecule has 0 amide bonds. The van der Waals surface area contributed by atoms with Gasteiger partial charge in [0.05, 0.1) is 17.6 Å². The lowest BCUT2D eigenvalue weighted by Crippen LogP contribution is -2.33. The molecule has 1 aliphatic rings. The Bertz CT molecular complexity index is 645. The Balaban J connectivity index is 2.01. The van der Waals surface area contributed by atoms with Crippen molar-refractivity contribution in [2.45, 2.75) is 19.3 Å². The van der Waals surface area contributed by atoms with E-state index in [2.05, 4.69) is 10.00 Å². The van der Waals surface area contributed by atoms with Crippen LogP contribution in [-0.4, -0.2) is 22.9 Å². The number of aromatic nitrogens is 2. The molecular weight excluding hydrogens is 252 g/mol. The van der Waals surface area contributed by atoms with Crippen molar-refractivity contribution in [2.75, 3.05) is 23.7 Å². The molecule has 0 unspecified atom stereocenters. The summed E-state index contributed by atoms with van der Waals surface area (Å²) in [5.74, 6) is 0. The van der Waals surface area contributed by atoms with Crippen molar-refractivity contribution >= 4 is 11.4 Å². The van der Waals surface area contributed by atoms with Crippen molar-refractivity contribution in [1.82, 2.24) is 9.78 Å². The van der Waals surface area contributed by atoms with E-state index in [4.69, 9.17) is 5.73 Å². The minimum Gasteiger partial charge on any atom is -0.392 e. The molecule has 1 fully saturated rings. The monoisotopic (exact) mass is 270 g/mol. The molecule has 1 aromatic carbocycles. The molecule has 5 nitrogen and oxygen atoms in total. The molecule has 3 rings (SSSR count). The van der Waals surface area contributed by atoms with Crippen LogP contribution in [0.25, 0.3) is 5.69 Å². The summed E-state index contributed by atoms with van der Waals surface area (Å²) < 4.78 is 1.35. The lowest BCUT2D eigenvalue weighted by atomic mass is 10.1. The van der Waals surface area contributed by atoms with Gasteiger partial charge in [0, 0.05) is 13.1 Å². The third-order valence-electron chi connectivity index (χ3n) is 3.69. The van der Waals surface area contributed by atoms with E-state index < -0.39 is 0 Å². The van der Waals surface area contributed by atoms with Gasteiger partial charge in [-0.3, -0.25) is 4.79 Å². The van der Waals surface area contributed by atoms with Crippen LogP contribution >= 0.6 is 0 Å². The van der Waals surface area contributed by atoms with Crippen LogP contribution in [0.4, 0.5) is 11.4 Å². The Hall–Kier alpha value is -2.30. The van der Waals surface area contributed by atoms with Crippen molar-refractivity contribution < 1.29 is 0 Å². The predicted octanol–water partition coefficient (Wildman–Crippen LogP) is 1.80. The number of benzene rings is 1. The molecule has 1 aliphatic heterocycles. The van der Waals surface area contributed by atoms with Crippen LogP contribution in [-0.2, 0) is 0 Å². The van der Waals surface area contributed by atoms with Crippen LogP contribution in [0, 0.1) is 0 Å².